The van der Waals surface area contributed by atoms with Crippen LogP contribution in [0.3, 0.4) is 0 Å². The molecule has 0 aliphatic carbocycles. The van der Waals surface area contributed by atoms with Gasteiger partial charge in [0.1, 0.15) is 5.82 Å². The quantitative estimate of drug-likeness (QED) is 0.0897. The molecule has 0 aliphatic rings. The Morgan fingerprint density at radius 2 is 0.403 bits per heavy atom. The minimum absolute atomic E-state index is 0.563. The molecule has 16 aromatic rings. The maximum Gasteiger partial charge on any atom is 0.159 e. The molecule has 0 N–H and O–H groups in total. The molecule has 124 heavy (non-hydrogen) atoms. The average Bonchev–Trinajstić information content (AvgIpc) is 0.928. The summed E-state index contributed by atoms with van der Waals surface area (Å²) in [6.45, 7) is 43.0. The third-order valence-corrected chi connectivity index (χ3v) is 20.6. The number of benzene rings is 9. The first-order valence-corrected chi connectivity index (χ1v) is 43.2. The molecule has 0 bridgehead atoms. The van der Waals surface area contributed by atoms with E-state index in [1.165, 1.54) is 66.8 Å². The van der Waals surface area contributed by atoms with E-state index in [2.05, 4.69) is 394 Å². The zero-order valence-electron chi connectivity index (χ0n) is 76.2. The Morgan fingerprint density at radius 1 is 0.161 bits per heavy atom. The Kier molecular flexibility index (Phi) is 37.2. The molecule has 0 unspecified atom stereocenters. The third-order valence-electron chi connectivity index (χ3n) is 20.6. The van der Waals surface area contributed by atoms with E-state index >= 15 is 0 Å². The number of aryl methyl sites for hydroxylation is 4. The van der Waals surface area contributed by atoms with Crippen LogP contribution < -0.4 is 0 Å². The Morgan fingerprint density at radius 3 is 0.677 bits per heavy atom. The fraction of sp³-hybridized carbons (Fsp3) is 0.252. The smallest absolute Gasteiger partial charge is 0.159 e. The molecule has 0 spiro atoms. The second kappa shape index (κ2) is 48.9. The van der Waals surface area contributed by atoms with Crippen LogP contribution in [0.25, 0.3) is 90.3 Å². The van der Waals surface area contributed by atoms with Gasteiger partial charge in [0.15, 0.2) is 23.3 Å². The van der Waals surface area contributed by atoms with Crippen molar-refractivity contribution in [2.24, 2.45) is 0 Å². The van der Waals surface area contributed by atoms with E-state index in [9.17, 15) is 0 Å². The Bertz CT molecular complexity index is 4920. The third kappa shape index (κ3) is 30.6. The monoisotopic (exact) mass is 1640 g/mol. The molecule has 0 radical (unpaired) electrons. The van der Waals surface area contributed by atoms with Crippen LogP contribution in [0.5, 0.6) is 0 Å². The fourth-order valence-electron chi connectivity index (χ4n) is 12.5. The highest BCUT2D eigenvalue weighted by Gasteiger charge is 2.11. The van der Waals surface area contributed by atoms with Gasteiger partial charge in [-0.3, -0.25) is 15.0 Å². The van der Waals surface area contributed by atoms with E-state index in [0.29, 0.717) is 47.3 Å². The van der Waals surface area contributed by atoms with Crippen LogP contribution in [0.1, 0.15) is 225 Å². The number of hydrogen-bond donors (Lipinski definition) is 0. The Balaban J connectivity index is 0.000000161. The predicted octanol–water partition coefficient (Wildman–Crippen LogP) is 29.2. The number of pyridine rings is 1. The Labute approximate surface area is 738 Å². The first-order valence-electron chi connectivity index (χ1n) is 43.2. The number of nitrogens with zero attached hydrogens (tertiary/aromatic N) is 13. The van der Waals surface area contributed by atoms with Crippen molar-refractivity contribution in [3.8, 4) is 90.3 Å². The van der Waals surface area contributed by atoms with Gasteiger partial charge in [-0.1, -0.05) is 341 Å². The van der Waals surface area contributed by atoms with Gasteiger partial charge in [0.05, 0.1) is 17.6 Å². The van der Waals surface area contributed by atoms with Gasteiger partial charge in [-0.15, -0.1) is 0 Å². The van der Waals surface area contributed by atoms with Gasteiger partial charge in [-0.25, -0.2) is 49.8 Å². The number of rotatable bonds is 16. The molecule has 7 aromatic heterocycles. The van der Waals surface area contributed by atoms with E-state index in [1.54, 1.807) is 31.0 Å². The molecular formula is C111H123N13. The summed E-state index contributed by atoms with van der Waals surface area (Å²) in [5, 5.41) is 0. The second-order valence-electron chi connectivity index (χ2n) is 33.2. The van der Waals surface area contributed by atoms with Crippen LogP contribution in [-0.4, -0.2) is 64.8 Å². The van der Waals surface area contributed by atoms with Crippen molar-refractivity contribution < 1.29 is 0 Å². The largest absolute Gasteiger partial charge is 0.261 e. The van der Waals surface area contributed by atoms with Crippen molar-refractivity contribution in [1.29, 1.82) is 0 Å². The van der Waals surface area contributed by atoms with Gasteiger partial charge < -0.3 is 0 Å². The van der Waals surface area contributed by atoms with Gasteiger partial charge in [0.2, 0.25) is 0 Å². The molecule has 0 aliphatic heterocycles. The van der Waals surface area contributed by atoms with Crippen LogP contribution in [0.4, 0.5) is 0 Å². The summed E-state index contributed by atoms with van der Waals surface area (Å²) in [5.74, 6) is 8.56. The van der Waals surface area contributed by atoms with Gasteiger partial charge >= 0.3 is 0 Å². The zero-order valence-corrected chi connectivity index (χ0v) is 76.2. The van der Waals surface area contributed by atoms with E-state index in [1.807, 2.05) is 114 Å². The Hall–Kier alpha value is -13.4. The normalized spacial score (nSPS) is 10.7. The first kappa shape index (κ1) is 94.5. The molecule has 13 nitrogen and oxygen atoms in total. The summed E-state index contributed by atoms with van der Waals surface area (Å²) >= 11 is 0. The molecular weight excluding hydrogens is 1520 g/mol. The topological polar surface area (TPSA) is 168 Å². The molecule has 0 fully saturated rings. The van der Waals surface area contributed by atoms with Crippen molar-refractivity contribution in [2.45, 2.75) is 186 Å². The highest BCUT2D eigenvalue weighted by atomic mass is 14.9. The van der Waals surface area contributed by atoms with Gasteiger partial charge in [-0.05, 0) is 171 Å². The standard InChI is InChI=1S/C15H16.4C14H16N2.C14H15N.2C13H14N2/c1-12(2)13-8-10-15(11-9-13)14-6-4-3-5-7-14;1-10(2)12-4-6-13(7-5-12)14-8-15-11(3)16-9-14;3*1-10(2)12-4-6-13(7-5-12)14-15-8-11(3)9-16-14;1-11(2)12-6-8-13(9-7-12)14-5-3-4-10-15-14;1-10(2)11-4-6-12(7-5-11)13-14-8-3-9-15-13;1-10(2)11-3-5-12(6-4-11)13-9-14-7-8-15-13/h3-12H,1-2H3;4*4-10H,1-3H3;3-11H,1-2H3;2*3-10H,1-2H3. The maximum absolute atomic E-state index is 4.32. The summed E-state index contributed by atoms with van der Waals surface area (Å²) in [5.41, 5.74) is 27.5. The van der Waals surface area contributed by atoms with Crippen LogP contribution in [0.15, 0.2) is 335 Å². The summed E-state index contributed by atoms with van der Waals surface area (Å²) in [6.07, 6.45) is 25.3. The molecule has 632 valence electrons. The maximum atomic E-state index is 4.32. The minimum Gasteiger partial charge on any atom is -0.261 e. The van der Waals surface area contributed by atoms with Crippen molar-refractivity contribution in [3.63, 3.8) is 0 Å². The lowest BCUT2D eigenvalue weighted by Crippen LogP contribution is -1.91. The summed E-state index contributed by atoms with van der Waals surface area (Å²) < 4.78 is 0. The number of aromatic nitrogens is 13. The van der Waals surface area contributed by atoms with Crippen molar-refractivity contribution in [2.75, 3.05) is 0 Å². The highest BCUT2D eigenvalue weighted by molar-refractivity contribution is 5.65. The van der Waals surface area contributed by atoms with E-state index in [4.69, 9.17) is 0 Å². The summed E-state index contributed by atoms with van der Waals surface area (Å²) in [4.78, 5) is 55.3. The van der Waals surface area contributed by atoms with Gasteiger partial charge in [0.25, 0.3) is 0 Å². The molecule has 13 heteroatoms. The summed E-state index contributed by atoms with van der Waals surface area (Å²) in [6, 6.07) is 86.6. The lowest BCUT2D eigenvalue weighted by Gasteiger charge is -2.06. The van der Waals surface area contributed by atoms with E-state index in [-0.39, 0.29) is 0 Å². The van der Waals surface area contributed by atoms with Crippen molar-refractivity contribution in [1.82, 2.24) is 64.8 Å². The lowest BCUT2D eigenvalue weighted by atomic mass is 9.99. The highest BCUT2D eigenvalue weighted by Crippen LogP contribution is 2.29. The first-order chi connectivity index (χ1) is 59.7. The fourth-order valence-corrected chi connectivity index (χ4v) is 12.5. The predicted molar refractivity (Wildman–Crippen MR) is 518 cm³/mol. The van der Waals surface area contributed by atoms with Crippen LogP contribution in [0.2, 0.25) is 0 Å². The minimum atomic E-state index is 0.563. The zero-order chi connectivity index (χ0) is 88.9. The van der Waals surface area contributed by atoms with Crippen molar-refractivity contribution >= 4 is 0 Å². The molecule has 0 atom stereocenters. The molecule has 7 heterocycles. The van der Waals surface area contributed by atoms with Gasteiger partial charge in [-0.2, -0.15) is 0 Å². The molecule has 9 aromatic carbocycles. The van der Waals surface area contributed by atoms with E-state index < -0.39 is 0 Å². The second-order valence-corrected chi connectivity index (χ2v) is 33.2. The number of hydrogen-bond acceptors (Lipinski definition) is 13. The molecule has 0 amide bonds. The van der Waals surface area contributed by atoms with E-state index in [0.717, 1.165) is 90.6 Å². The molecule has 0 saturated carbocycles. The average molecular weight is 1640 g/mol. The van der Waals surface area contributed by atoms with Crippen LogP contribution in [0, 0.1) is 27.7 Å². The molecule has 16 rings (SSSR count). The van der Waals surface area contributed by atoms with Gasteiger partial charge in [0, 0.05) is 120 Å². The SMILES string of the molecule is CC(C)c1ccc(-c2ccccc2)cc1.CC(C)c1ccc(-c2ccccn2)cc1.CC(C)c1ccc(-c2cnccn2)cc1.CC(C)c1ccc(-c2ncccn2)cc1.Cc1cnc(-c2ccc(C(C)C)cc2)nc1.Cc1cnc(-c2ccc(C(C)C)cc2)nc1.Cc1cnc(-c2ccc(C(C)C)cc2)nc1.Cc1ncc(-c2ccc(C(C)C)cc2)cn1. The molecule has 0 saturated heterocycles. The van der Waals surface area contributed by atoms with Crippen LogP contribution in [-0.2, 0) is 0 Å². The summed E-state index contributed by atoms with van der Waals surface area (Å²) in [7, 11) is 0. The van der Waals surface area contributed by atoms with Crippen LogP contribution >= 0.6 is 0 Å². The lowest BCUT2D eigenvalue weighted by molar-refractivity contribution is 0.866. The van der Waals surface area contributed by atoms with Crippen molar-refractivity contribution in [3.05, 3.63) is 402 Å².